The summed E-state index contributed by atoms with van der Waals surface area (Å²) in [7, 11) is 0. The van der Waals surface area contributed by atoms with E-state index in [4.69, 9.17) is 10.9 Å². The van der Waals surface area contributed by atoms with E-state index in [0.29, 0.717) is 12.0 Å². The van der Waals surface area contributed by atoms with Crippen LogP contribution in [0.2, 0.25) is 0 Å². The molecule has 1 aromatic heterocycles. The van der Waals surface area contributed by atoms with Crippen molar-refractivity contribution in [3.05, 3.63) is 30.1 Å². The maximum absolute atomic E-state index is 11.6. The van der Waals surface area contributed by atoms with Gasteiger partial charge in [0.2, 0.25) is 0 Å². The predicted octanol–water partition coefficient (Wildman–Crippen LogP) is 0.336. The Morgan fingerprint density at radius 3 is 2.81 bits per heavy atom. The minimum Gasteiger partial charge on any atom is -0.409 e. The molecule has 1 atom stereocenters. The third-order valence-electron chi connectivity index (χ3n) is 1.96. The molecule has 0 saturated heterocycles. The van der Waals surface area contributed by atoms with Gasteiger partial charge in [0.25, 0.3) is 5.91 Å². The normalized spacial score (nSPS) is 13.2. The molecular formula is C10H14N4O2. The van der Waals surface area contributed by atoms with Gasteiger partial charge in [0, 0.05) is 30.4 Å². The highest BCUT2D eigenvalue weighted by atomic mass is 16.4. The number of nitrogens with one attached hydrogen (secondary N) is 1. The highest BCUT2D eigenvalue weighted by Crippen LogP contribution is 1.98. The third-order valence-corrected chi connectivity index (χ3v) is 1.96. The predicted molar refractivity (Wildman–Crippen MR) is 59.2 cm³/mol. The first-order valence-electron chi connectivity index (χ1n) is 4.80. The van der Waals surface area contributed by atoms with E-state index in [2.05, 4.69) is 15.5 Å². The van der Waals surface area contributed by atoms with Gasteiger partial charge in [-0.25, -0.2) is 0 Å². The van der Waals surface area contributed by atoms with Crippen molar-refractivity contribution in [2.75, 3.05) is 0 Å². The number of amides is 1. The number of pyridine rings is 1. The standard InChI is InChI=1S/C10H14N4O2/c1-7(6-9(11)14-16)13-10(15)8-2-4-12-5-3-8/h2-5,7,16H,6H2,1H3,(H2,11,14)(H,13,15). The van der Waals surface area contributed by atoms with E-state index in [1.807, 2.05) is 0 Å². The largest absolute Gasteiger partial charge is 0.409 e. The lowest BCUT2D eigenvalue weighted by molar-refractivity contribution is 0.0941. The number of hydrogen-bond acceptors (Lipinski definition) is 4. The van der Waals surface area contributed by atoms with Gasteiger partial charge in [0.1, 0.15) is 5.84 Å². The lowest BCUT2D eigenvalue weighted by Gasteiger charge is -2.12. The second kappa shape index (κ2) is 5.69. The average Bonchev–Trinajstić information content (AvgIpc) is 2.29. The molecule has 1 unspecified atom stereocenters. The van der Waals surface area contributed by atoms with E-state index in [9.17, 15) is 4.79 Å². The van der Waals surface area contributed by atoms with Crippen molar-refractivity contribution in [3.63, 3.8) is 0 Å². The third kappa shape index (κ3) is 3.56. The van der Waals surface area contributed by atoms with Gasteiger partial charge >= 0.3 is 0 Å². The van der Waals surface area contributed by atoms with Crippen LogP contribution in [0.5, 0.6) is 0 Å². The first kappa shape index (κ1) is 12.0. The fourth-order valence-corrected chi connectivity index (χ4v) is 1.22. The number of rotatable bonds is 4. The maximum Gasteiger partial charge on any atom is 0.251 e. The lowest BCUT2D eigenvalue weighted by Crippen LogP contribution is -2.35. The summed E-state index contributed by atoms with van der Waals surface area (Å²) in [4.78, 5) is 15.5. The van der Waals surface area contributed by atoms with E-state index in [-0.39, 0.29) is 17.8 Å². The van der Waals surface area contributed by atoms with Crippen molar-refractivity contribution in [2.24, 2.45) is 10.9 Å². The highest BCUT2D eigenvalue weighted by Gasteiger charge is 2.10. The van der Waals surface area contributed by atoms with Crippen LogP contribution in [0.3, 0.4) is 0 Å². The molecule has 1 heterocycles. The van der Waals surface area contributed by atoms with Gasteiger partial charge in [-0.3, -0.25) is 9.78 Å². The van der Waals surface area contributed by atoms with Crippen LogP contribution in [0, 0.1) is 0 Å². The monoisotopic (exact) mass is 222 g/mol. The van der Waals surface area contributed by atoms with E-state index < -0.39 is 0 Å². The topological polar surface area (TPSA) is 101 Å². The SMILES string of the molecule is CC(CC(N)=NO)NC(=O)c1ccncc1. The van der Waals surface area contributed by atoms with Gasteiger partial charge < -0.3 is 16.3 Å². The zero-order valence-corrected chi connectivity index (χ0v) is 8.92. The Balaban J connectivity index is 2.52. The maximum atomic E-state index is 11.6. The molecule has 0 bridgehead atoms. The fraction of sp³-hybridized carbons (Fsp3) is 0.300. The highest BCUT2D eigenvalue weighted by molar-refractivity contribution is 5.94. The summed E-state index contributed by atoms with van der Waals surface area (Å²) in [5.74, 6) is -0.122. The number of carbonyl (C=O) groups excluding carboxylic acids is 1. The smallest absolute Gasteiger partial charge is 0.251 e. The van der Waals surface area contributed by atoms with Crippen LogP contribution in [0.1, 0.15) is 23.7 Å². The Labute approximate surface area is 93.2 Å². The van der Waals surface area contributed by atoms with Crippen molar-refractivity contribution in [3.8, 4) is 0 Å². The molecule has 1 rings (SSSR count). The molecule has 0 fully saturated rings. The summed E-state index contributed by atoms with van der Waals surface area (Å²) in [6.07, 6.45) is 3.39. The molecule has 1 aromatic rings. The minimum atomic E-state index is -0.208. The molecule has 4 N–H and O–H groups in total. The number of hydrogen-bond donors (Lipinski definition) is 3. The van der Waals surface area contributed by atoms with Crippen LogP contribution in [0.25, 0.3) is 0 Å². The number of nitrogens with two attached hydrogens (primary N) is 1. The molecule has 16 heavy (non-hydrogen) atoms. The first-order valence-corrected chi connectivity index (χ1v) is 4.80. The van der Waals surface area contributed by atoms with Crippen LogP contribution < -0.4 is 11.1 Å². The van der Waals surface area contributed by atoms with Gasteiger partial charge in [-0.05, 0) is 19.1 Å². The Hall–Kier alpha value is -2.11. The molecule has 0 spiro atoms. The summed E-state index contributed by atoms with van der Waals surface area (Å²) in [5.41, 5.74) is 5.86. The Morgan fingerprint density at radius 1 is 1.62 bits per heavy atom. The zero-order valence-electron chi connectivity index (χ0n) is 8.92. The van der Waals surface area contributed by atoms with Crippen molar-refractivity contribution < 1.29 is 10.0 Å². The van der Waals surface area contributed by atoms with Crippen LogP contribution in [0.4, 0.5) is 0 Å². The summed E-state index contributed by atoms with van der Waals surface area (Å²) < 4.78 is 0. The van der Waals surface area contributed by atoms with Crippen molar-refractivity contribution >= 4 is 11.7 Å². The Bertz CT molecular complexity index is 378. The number of nitrogens with zero attached hydrogens (tertiary/aromatic N) is 2. The average molecular weight is 222 g/mol. The van der Waals surface area contributed by atoms with Gasteiger partial charge in [-0.1, -0.05) is 5.16 Å². The van der Waals surface area contributed by atoms with Crippen molar-refractivity contribution in [1.82, 2.24) is 10.3 Å². The molecule has 0 aromatic carbocycles. The molecule has 0 aliphatic rings. The van der Waals surface area contributed by atoms with E-state index in [0.717, 1.165) is 0 Å². The quantitative estimate of drug-likeness (QED) is 0.296. The van der Waals surface area contributed by atoms with Crippen LogP contribution >= 0.6 is 0 Å². The van der Waals surface area contributed by atoms with Gasteiger partial charge in [-0.15, -0.1) is 0 Å². The molecule has 86 valence electrons. The van der Waals surface area contributed by atoms with E-state index in [1.165, 1.54) is 0 Å². The number of amidine groups is 1. The molecule has 6 heteroatoms. The van der Waals surface area contributed by atoms with E-state index in [1.54, 1.807) is 31.5 Å². The van der Waals surface area contributed by atoms with Crippen LogP contribution in [-0.2, 0) is 0 Å². The van der Waals surface area contributed by atoms with Gasteiger partial charge in [-0.2, -0.15) is 0 Å². The van der Waals surface area contributed by atoms with Gasteiger partial charge in [0.15, 0.2) is 0 Å². The van der Waals surface area contributed by atoms with Crippen LogP contribution in [-0.4, -0.2) is 28.0 Å². The van der Waals surface area contributed by atoms with Crippen molar-refractivity contribution in [1.29, 1.82) is 0 Å². The molecule has 0 aliphatic heterocycles. The molecule has 0 saturated carbocycles. The lowest BCUT2D eigenvalue weighted by atomic mass is 10.2. The second-order valence-electron chi connectivity index (χ2n) is 3.41. The second-order valence-corrected chi connectivity index (χ2v) is 3.41. The number of oxime groups is 1. The van der Waals surface area contributed by atoms with E-state index >= 15 is 0 Å². The Morgan fingerprint density at radius 2 is 2.25 bits per heavy atom. The minimum absolute atomic E-state index is 0.0857. The molecular weight excluding hydrogens is 208 g/mol. The van der Waals surface area contributed by atoms with Crippen LogP contribution in [0.15, 0.2) is 29.7 Å². The zero-order chi connectivity index (χ0) is 12.0. The van der Waals surface area contributed by atoms with Crippen molar-refractivity contribution in [2.45, 2.75) is 19.4 Å². The summed E-state index contributed by atoms with van der Waals surface area (Å²) in [5, 5.41) is 13.9. The molecule has 6 nitrogen and oxygen atoms in total. The van der Waals surface area contributed by atoms with Gasteiger partial charge in [0.05, 0.1) is 0 Å². The first-order chi connectivity index (χ1) is 7.63. The fourth-order valence-electron chi connectivity index (χ4n) is 1.22. The Kier molecular flexibility index (Phi) is 4.26. The summed E-state index contributed by atoms with van der Waals surface area (Å²) in [6, 6.07) is 3.04. The molecule has 1 amide bonds. The number of carbonyl (C=O) groups is 1. The summed E-state index contributed by atoms with van der Waals surface area (Å²) in [6.45, 7) is 1.77. The summed E-state index contributed by atoms with van der Waals surface area (Å²) >= 11 is 0. The molecule has 0 radical (unpaired) electrons. The molecule has 0 aliphatic carbocycles. The number of aromatic nitrogens is 1.